The molecule has 3 nitrogen and oxygen atoms in total. The highest BCUT2D eigenvalue weighted by atomic mass is 127. The van der Waals surface area contributed by atoms with Crippen molar-refractivity contribution in [3.05, 3.63) is 27.3 Å². The molecule has 1 aromatic rings. The summed E-state index contributed by atoms with van der Waals surface area (Å²) in [5.74, 6) is -0.993. The van der Waals surface area contributed by atoms with Crippen molar-refractivity contribution < 1.29 is 18.3 Å². The predicted octanol–water partition coefficient (Wildman–Crippen LogP) is 1.99. The maximum Gasteiger partial charge on any atom is 0.387 e. The molecule has 0 spiro atoms. The minimum Gasteiger partial charge on any atom is -0.434 e. The summed E-state index contributed by atoms with van der Waals surface area (Å²) in [4.78, 5) is 10.8. The van der Waals surface area contributed by atoms with Crippen LogP contribution in [0.15, 0.2) is 18.2 Å². The third-order valence-electron chi connectivity index (χ3n) is 1.42. The molecule has 0 aromatic heterocycles. The molecular formula is C8H6F2INO2. The Balaban J connectivity index is 3.08. The van der Waals surface area contributed by atoms with Crippen molar-refractivity contribution in [2.75, 3.05) is 0 Å². The average Bonchev–Trinajstić information content (AvgIpc) is 2.07. The molecule has 0 aliphatic carbocycles. The molecule has 0 radical (unpaired) electrons. The van der Waals surface area contributed by atoms with Crippen LogP contribution in [0.4, 0.5) is 8.78 Å². The standard InChI is InChI=1S/C8H6F2INO2/c9-8(10)14-6-2-1-4(11)3-5(6)7(12)13/h1-3,8H,(H2,12,13). The van der Waals surface area contributed by atoms with Crippen molar-refractivity contribution in [3.8, 4) is 5.75 Å². The Hall–Kier alpha value is -0.920. The summed E-state index contributed by atoms with van der Waals surface area (Å²) < 4.78 is 28.6. The summed E-state index contributed by atoms with van der Waals surface area (Å²) in [6.45, 7) is -2.96. The van der Waals surface area contributed by atoms with Gasteiger partial charge in [0, 0.05) is 3.57 Å². The maximum absolute atomic E-state index is 11.9. The molecule has 6 heteroatoms. The molecule has 1 aromatic carbocycles. The molecule has 1 rings (SSSR count). The van der Waals surface area contributed by atoms with E-state index in [9.17, 15) is 13.6 Å². The average molecular weight is 313 g/mol. The highest BCUT2D eigenvalue weighted by Crippen LogP contribution is 2.22. The van der Waals surface area contributed by atoms with Crippen LogP contribution in [0.1, 0.15) is 10.4 Å². The van der Waals surface area contributed by atoms with E-state index in [4.69, 9.17) is 5.73 Å². The van der Waals surface area contributed by atoms with Gasteiger partial charge in [-0.3, -0.25) is 4.79 Å². The van der Waals surface area contributed by atoms with Crippen molar-refractivity contribution in [1.82, 2.24) is 0 Å². The number of carbonyl (C=O) groups is 1. The number of halogens is 3. The predicted molar refractivity (Wildman–Crippen MR) is 54.3 cm³/mol. The summed E-state index contributed by atoms with van der Waals surface area (Å²) >= 11 is 1.94. The monoisotopic (exact) mass is 313 g/mol. The minimum atomic E-state index is -2.96. The number of alkyl halides is 2. The number of rotatable bonds is 3. The Morgan fingerprint density at radius 1 is 1.50 bits per heavy atom. The molecule has 14 heavy (non-hydrogen) atoms. The highest BCUT2D eigenvalue weighted by molar-refractivity contribution is 14.1. The Bertz CT molecular complexity index is 357. The van der Waals surface area contributed by atoms with Gasteiger partial charge < -0.3 is 10.5 Å². The highest BCUT2D eigenvalue weighted by Gasteiger charge is 2.13. The molecule has 0 unspecified atom stereocenters. The van der Waals surface area contributed by atoms with E-state index in [-0.39, 0.29) is 11.3 Å². The van der Waals surface area contributed by atoms with Crippen LogP contribution < -0.4 is 10.5 Å². The molecule has 0 fully saturated rings. The lowest BCUT2D eigenvalue weighted by atomic mass is 10.2. The summed E-state index contributed by atoms with van der Waals surface area (Å²) in [6, 6.07) is 4.22. The van der Waals surface area contributed by atoms with E-state index in [2.05, 4.69) is 4.74 Å². The number of ether oxygens (including phenoxy) is 1. The fourth-order valence-electron chi connectivity index (χ4n) is 0.894. The zero-order valence-corrected chi connectivity index (χ0v) is 8.99. The van der Waals surface area contributed by atoms with Crippen LogP contribution >= 0.6 is 22.6 Å². The van der Waals surface area contributed by atoms with Gasteiger partial charge in [-0.25, -0.2) is 0 Å². The zero-order valence-electron chi connectivity index (χ0n) is 6.84. The van der Waals surface area contributed by atoms with E-state index in [0.717, 1.165) is 3.57 Å². The van der Waals surface area contributed by atoms with Crippen LogP contribution in [0.25, 0.3) is 0 Å². The van der Waals surface area contributed by atoms with Crippen molar-refractivity contribution >= 4 is 28.5 Å². The lowest BCUT2D eigenvalue weighted by Crippen LogP contribution is -2.14. The molecule has 0 heterocycles. The molecule has 0 saturated heterocycles. The van der Waals surface area contributed by atoms with Crippen molar-refractivity contribution in [1.29, 1.82) is 0 Å². The Kier molecular flexibility index (Phi) is 3.62. The number of amides is 1. The summed E-state index contributed by atoms with van der Waals surface area (Å²) in [6.07, 6.45) is 0. The van der Waals surface area contributed by atoms with Gasteiger partial charge in [0.25, 0.3) is 5.91 Å². The van der Waals surface area contributed by atoms with E-state index in [1.807, 2.05) is 22.6 Å². The molecule has 2 N–H and O–H groups in total. The van der Waals surface area contributed by atoms with Gasteiger partial charge in [-0.15, -0.1) is 0 Å². The fraction of sp³-hybridized carbons (Fsp3) is 0.125. The van der Waals surface area contributed by atoms with Gasteiger partial charge in [-0.2, -0.15) is 8.78 Å². The normalized spacial score (nSPS) is 10.3. The zero-order chi connectivity index (χ0) is 10.7. The van der Waals surface area contributed by atoms with E-state index in [1.165, 1.54) is 12.1 Å². The number of benzene rings is 1. The van der Waals surface area contributed by atoms with Gasteiger partial charge in [-0.1, -0.05) is 0 Å². The van der Waals surface area contributed by atoms with Gasteiger partial charge in [0.2, 0.25) is 0 Å². The number of primary amides is 1. The lowest BCUT2D eigenvalue weighted by molar-refractivity contribution is -0.0501. The fourth-order valence-corrected chi connectivity index (χ4v) is 1.38. The van der Waals surface area contributed by atoms with Gasteiger partial charge in [0.05, 0.1) is 5.56 Å². The summed E-state index contributed by atoms with van der Waals surface area (Å²) in [5, 5.41) is 0. The van der Waals surface area contributed by atoms with Gasteiger partial charge in [0.1, 0.15) is 5.75 Å². The van der Waals surface area contributed by atoms with Crippen molar-refractivity contribution in [3.63, 3.8) is 0 Å². The maximum atomic E-state index is 11.9. The van der Waals surface area contributed by atoms with Crippen LogP contribution in [-0.4, -0.2) is 12.5 Å². The van der Waals surface area contributed by atoms with Gasteiger partial charge in [0.15, 0.2) is 0 Å². The van der Waals surface area contributed by atoms with Crippen LogP contribution in [0.2, 0.25) is 0 Å². The van der Waals surface area contributed by atoms with Crippen molar-refractivity contribution in [2.45, 2.75) is 6.61 Å². The second kappa shape index (κ2) is 4.54. The number of nitrogens with two attached hydrogens (primary N) is 1. The number of carbonyl (C=O) groups excluding carboxylic acids is 1. The lowest BCUT2D eigenvalue weighted by Gasteiger charge is -2.08. The Labute approximate surface area is 92.4 Å². The van der Waals surface area contributed by atoms with Crippen LogP contribution in [-0.2, 0) is 0 Å². The second-order valence-corrected chi connectivity index (χ2v) is 3.63. The van der Waals surface area contributed by atoms with E-state index >= 15 is 0 Å². The number of hydrogen-bond acceptors (Lipinski definition) is 2. The summed E-state index contributed by atoms with van der Waals surface area (Å²) in [5.41, 5.74) is 4.95. The van der Waals surface area contributed by atoms with E-state index < -0.39 is 12.5 Å². The van der Waals surface area contributed by atoms with Gasteiger partial charge in [-0.05, 0) is 40.8 Å². The Morgan fingerprint density at radius 3 is 2.64 bits per heavy atom. The molecule has 0 saturated carbocycles. The quantitative estimate of drug-likeness (QED) is 0.868. The number of hydrogen-bond donors (Lipinski definition) is 1. The molecule has 0 atom stereocenters. The van der Waals surface area contributed by atoms with Crippen molar-refractivity contribution in [2.24, 2.45) is 5.73 Å². The third kappa shape index (κ3) is 2.79. The molecule has 76 valence electrons. The molecule has 0 aliphatic rings. The topological polar surface area (TPSA) is 52.3 Å². The van der Waals surface area contributed by atoms with Gasteiger partial charge >= 0.3 is 6.61 Å². The minimum absolute atomic E-state index is 0.0443. The second-order valence-electron chi connectivity index (χ2n) is 2.38. The third-order valence-corrected chi connectivity index (χ3v) is 2.09. The first kappa shape index (κ1) is 11.2. The Morgan fingerprint density at radius 2 is 2.14 bits per heavy atom. The molecule has 0 bridgehead atoms. The van der Waals surface area contributed by atoms with E-state index in [1.54, 1.807) is 6.07 Å². The first-order valence-corrected chi connectivity index (χ1v) is 4.62. The van der Waals surface area contributed by atoms with E-state index in [0.29, 0.717) is 0 Å². The molecule has 0 aliphatic heterocycles. The SMILES string of the molecule is NC(=O)c1cc(I)ccc1OC(F)F. The van der Waals surface area contributed by atoms with Crippen LogP contribution in [0.3, 0.4) is 0 Å². The largest absolute Gasteiger partial charge is 0.434 e. The van der Waals surface area contributed by atoms with Crippen LogP contribution in [0.5, 0.6) is 5.75 Å². The first-order chi connectivity index (χ1) is 6.50. The summed E-state index contributed by atoms with van der Waals surface area (Å²) in [7, 11) is 0. The molecular weight excluding hydrogens is 307 g/mol. The molecule has 1 amide bonds. The smallest absolute Gasteiger partial charge is 0.387 e. The van der Waals surface area contributed by atoms with Crippen LogP contribution in [0, 0.1) is 3.57 Å². The first-order valence-electron chi connectivity index (χ1n) is 3.55.